The second-order valence-corrected chi connectivity index (χ2v) is 7.96. The van der Waals surface area contributed by atoms with Gasteiger partial charge in [-0.15, -0.1) is 11.6 Å². The van der Waals surface area contributed by atoms with E-state index in [1.54, 1.807) is 37.5 Å². The number of nitrogens with zero attached hydrogens (tertiary/aromatic N) is 1. The van der Waals surface area contributed by atoms with Crippen LogP contribution in [0.2, 0.25) is 0 Å². The zero-order valence-electron chi connectivity index (χ0n) is 18.1. The first-order valence-corrected chi connectivity index (χ1v) is 10.7. The van der Waals surface area contributed by atoms with Crippen molar-refractivity contribution in [1.29, 1.82) is 0 Å². The fourth-order valence-electron chi connectivity index (χ4n) is 2.44. The van der Waals surface area contributed by atoms with Gasteiger partial charge < -0.3 is 19.9 Å². The monoisotopic (exact) mass is 472 g/mol. The molecule has 0 aromatic heterocycles. The Morgan fingerprint density at radius 3 is 2.52 bits per heavy atom. The number of carbonyl (C=O) groups excluding carboxylic acids is 1. The Morgan fingerprint density at radius 1 is 1.26 bits per heavy atom. The molecule has 1 rings (SSSR count). The summed E-state index contributed by atoms with van der Waals surface area (Å²) in [6, 6.07) is 7.13. The van der Waals surface area contributed by atoms with Gasteiger partial charge in [0.15, 0.2) is 5.60 Å². The molecule has 1 aromatic carbocycles. The van der Waals surface area contributed by atoms with Crippen LogP contribution in [0, 0.1) is 0 Å². The number of carbonyl (C=O) groups is 2. The summed E-state index contributed by atoms with van der Waals surface area (Å²) < 4.78 is 10.7. The molecule has 2 N–H and O–H groups in total. The second kappa shape index (κ2) is 14.1. The van der Waals surface area contributed by atoms with Crippen molar-refractivity contribution < 1.29 is 24.2 Å². The highest BCUT2D eigenvalue weighted by atomic mass is 35.5. The molecule has 0 spiro atoms. The van der Waals surface area contributed by atoms with Gasteiger partial charge in [-0.25, -0.2) is 4.79 Å². The van der Waals surface area contributed by atoms with Gasteiger partial charge in [0, 0.05) is 37.7 Å². The summed E-state index contributed by atoms with van der Waals surface area (Å²) in [5.74, 6) is -0.373. The summed E-state index contributed by atoms with van der Waals surface area (Å²) in [6.07, 6.45) is 5.09. The quantitative estimate of drug-likeness (QED) is 0.318. The van der Waals surface area contributed by atoms with Crippen LogP contribution in [0.3, 0.4) is 0 Å². The number of carboxylic acid groups (broad SMARTS) is 1. The lowest BCUT2D eigenvalue weighted by Crippen LogP contribution is -2.38. The molecule has 0 bridgehead atoms. The number of rotatable bonds is 14. The predicted octanol–water partition coefficient (Wildman–Crippen LogP) is 3.41. The van der Waals surface area contributed by atoms with Crippen LogP contribution >= 0.6 is 23.2 Å². The predicted molar refractivity (Wildman–Crippen MR) is 123 cm³/mol. The summed E-state index contributed by atoms with van der Waals surface area (Å²) in [7, 11) is 1.61. The Labute approximate surface area is 193 Å². The highest BCUT2D eigenvalue weighted by Crippen LogP contribution is 2.20. The highest BCUT2D eigenvalue weighted by molar-refractivity contribution is 6.31. The normalized spacial score (nSPS) is 12.4. The Morgan fingerprint density at radius 2 is 1.94 bits per heavy atom. The number of nitrogens with one attached hydrogen (secondary N) is 1. The molecule has 0 atom stereocenters. The lowest BCUT2D eigenvalue weighted by molar-refractivity contribution is -0.152. The fourth-order valence-corrected chi connectivity index (χ4v) is 2.85. The largest absolute Gasteiger partial charge is 0.478 e. The first-order chi connectivity index (χ1) is 14.7. The molecule has 0 fully saturated rings. The maximum absolute atomic E-state index is 12.3. The van der Waals surface area contributed by atoms with Gasteiger partial charge in [-0.1, -0.05) is 35.9 Å². The number of halogens is 2. The summed E-state index contributed by atoms with van der Waals surface area (Å²) in [4.78, 5) is 25.4. The number of aliphatic carboxylic acids is 1. The van der Waals surface area contributed by atoms with Crippen molar-refractivity contribution in [1.82, 2.24) is 10.2 Å². The van der Waals surface area contributed by atoms with E-state index in [9.17, 15) is 14.7 Å². The second-order valence-electron chi connectivity index (χ2n) is 7.21. The van der Waals surface area contributed by atoms with Crippen LogP contribution in [-0.4, -0.2) is 66.7 Å². The molecule has 7 nitrogen and oxygen atoms in total. The summed E-state index contributed by atoms with van der Waals surface area (Å²) in [5.41, 5.74) is -0.356. The van der Waals surface area contributed by atoms with Gasteiger partial charge in [-0.3, -0.25) is 9.69 Å². The fraction of sp³-hybridized carbons (Fsp3) is 0.455. The van der Waals surface area contributed by atoms with Gasteiger partial charge in [-0.05, 0) is 37.6 Å². The third kappa shape index (κ3) is 11.2. The van der Waals surface area contributed by atoms with E-state index in [1.807, 2.05) is 17.0 Å². The van der Waals surface area contributed by atoms with E-state index in [2.05, 4.69) is 5.32 Å². The molecule has 0 heterocycles. The molecule has 1 aromatic rings. The van der Waals surface area contributed by atoms with Crippen LogP contribution in [0.25, 0.3) is 0 Å². The average molecular weight is 473 g/mol. The number of ether oxygens (including phenoxy) is 2. The van der Waals surface area contributed by atoms with Crippen LogP contribution in [-0.2, 0) is 20.9 Å². The highest BCUT2D eigenvalue weighted by Gasteiger charge is 2.29. The first kappa shape index (κ1) is 27.0. The first-order valence-electron chi connectivity index (χ1n) is 9.75. The Kier molecular flexibility index (Phi) is 12.3. The summed E-state index contributed by atoms with van der Waals surface area (Å²) in [5, 5.41) is 12.5. The summed E-state index contributed by atoms with van der Waals surface area (Å²) in [6.45, 7) is 5.13. The smallest absolute Gasteiger partial charge is 0.347 e. The van der Waals surface area contributed by atoms with E-state index in [4.69, 9.17) is 32.7 Å². The van der Waals surface area contributed by atoms with E-state index >= 15 is 0 Å². The number of benzene rings is 1. The zero-order chi connectivity index (χ0) is 23.3. The molecule has 0 aliphatic rings. The van der Waals surface area contributed by atoms with E-state index in [0.29, 0.717) is 42.9 Å². The molecule has 0 aliphatic carbocycles. The number of amides is 1. The molecule has 1 amide bonds. The lowest BCUT2D eigenvalue weighted by Gasteiger charge is -2.23. The SMILES string of the molecule is COCCN(CC(=O)NC/C=C\C(Cl)=C/CCl)Cc1ccc(OC(C)(C)C(=O)O)cc1. The Balaban J connectivity index is 2.64. The van der Waals surface area contributed by atoms with Gasteiger partial charge in [0.05, 0.1) is 13.2 Å². The molecule has 0 saturated heterocycles. The number of hydrogen-bond acceptors (Lipinski definition) is 5. The standard InChI is InChI=1S/C22H30Cl2N2O5/c1-22(2,21(28)29)31-19-8-6-17(7-9-19)15-26(13-14-30-3)16-20(27)25-12-4-5-18(24)10-11-23/h4-10H,11-16H2,1-3H3,(H,25,27)(H,28,29)/b5-4-,18-10+. The van der Waals surface area contributed by atoms with Crippen molar-refractivity contribution in [3.05, 3.63) is 53.1 Å². The van der Waals surface area contributed by atoms with Crippen molar-refractivity contribution >= 4 is 35.1 Å². The minimum absolute atomic E-state index is 0.124. The molecule has 0 radical (unpaired) electrons. The van der Waals surface area contributed by atoms with E-state index < -0.39 is 11.6 Å². The van der Waals surface area contributed by atoms with Gasteiger partial charge >= 0.3 is 5.97 Å². The minimum atomic E-state index is -1.32. The molecular weight excluding hydrogens is 443 g/mol. The number of methoxy groups -OCH3 is 1. The lowest BCUT2D eigenvalue weighted by atomic mass is 10.1. The third-order valence-electron chi connectivity index (χ3n) is 4.16. The molecule has 0 saturated carbocycles. The maximum atomic E-state index is 12.3. The van der Waals surface area contributed by atoms with E-state index in [1.165, 1.54) is 13.8 Å². The van der Waals surface area contributed by atoms with E-state index in [0.717, 1.165) is 5.56 Å². The van der Waals surface area contributed by atoms with Crippen LogP contribution < -0.4 is 10.1 Å². The average Bonchev–Trinajstić information content (AvgIpc) is 2.70. The van der Waals surface area contributed by atoms with E-state index in [-0.39, 0.29) is 12.5 Å². The van der Waals surface area contributed by atoms with Crippen LogP contribution in [0.5, 0.6) is 5.75 Å². The van der Waals surface area contributed by atoms with Crippen LogP contribution in [0.15, 0.2) is 47.5 Å². The summed E-state index contributed by atoms with van der Waals surface area (Å²) >= 11 is 11.5. The molecular formula is C22H30Cl2N2O5. The van der Waals surface area contributed by atoms with Gasteiger partial charge in [0.1, 0.15) is 5.75 Å². The molecule has 0 aliphatic heterocycles. The van der Waals surface area contributed by atoms with Gasteiger partial charge in [0.2, 0.25) is 5.91 Å². The number of allylic oxidation sites excluding steroid dienone is 3. The van der Waals surface area contributed by atoms with Crippen molar-refractivity contribution in [3.63, 3.8) is 0 Å². The number of alkyl halides is 1. The zero-order valence-corrected chi connectivity index (χ0v) is 19.6. The van der Waals surface area contributed by atoms with Gasteiger partial charge in [0.25, 0.3) is 0 Å². The van der Waals surface area contributed by atoms with Crippen LogP contribution in [0.4, 0.5) is 0 Å². The molecule has 0 unspecified atom stereocenters. The van der Waals surface area contributed by atoms with Crippen molar-refractivity contribution in [2.75, 3.05) is 39.2 Å². The Bertz CT molecular complexity index is 764. The van der Waals surface area contributed by atoms with Crippen molar-refractivity contribution in [2.24, 2.45) is 0 Å². The molecule has 172 valence electrons. The van der Waals surface area contributed by atoms with Gasteiger partial charge in [-0.2, -0.15) is 0 Å². The van der Waals surface area contributed by atoms with Crippen molar-refractivity contribution in [3.8, 4) is 5.75 Å². The number of hydrogen-bond donors (Lipinski definition) is 2. The third-order valence-corrected chi connectivity index (χ3v) is 4.60. The minimum Gasteiger partial charge on any atom is -0.478 e. The van der Waals surface area contributed by atoms with Crippen LogP contribution in [0.1, 0.15) is 19.4 Å². The van der Waals surface area contributed by atoms with Crippen molar-refractivity contribution in [2.45, 2.75) is 26.0 Å². The molecule has 9 heteroatoms. The maximum Gasteiger partial charge on any atom is 0.347 e. The topological polar surface area (TPSA) is 88.1 Å². The number of carboxylic acids is 1. The molecule has 31 heavy (non-hydrogen) atoms. The Hall–Kier alpha value is -2.06.